The first-order chi connectivity index (χ1) is 9.31. The largest absolute Gasteiger partial charge is 0.287 e. The van der Waals surface area contributed by atoms with Crippen LogP contribution in [0.4, 0.5) is 0 Å². The maximum atomic E-state index is 12.6. The molecule has 19 heavy (non-hydrogen) atoms. The first-order valence-electron chi connectivity index (χ1n) is 6.21. The van der Waals surface area contributed by atoms with Crippen molar-refractivity contribution in [2.45, 2.75) is 13.5 Å². The van der Waals surface area contributed by atoms with Gasteiger partial charge in [-0.1, -0.05) is 18.2 Å². The molecule has 3 rings (SSSR count). The predicted molar refractivity (Wildman–Crippen MR) is 73.1 cm³/mol. The third-order valence-corrected chi connectivity index (χ3v) is 3.13. The monoisotopic (exact) mass is 251 g/mol. The number of nitrogens with zero attached hydrogens (tertiary/aromatic N) is 3. The lowest BCUT2D eigenvalue weighted by Crippen LogP contribution is -2.11. The van der Waals surface area contributed by atoms with E-state index in [2.05, 4.69) is 10.1 Å². The van der Waals surface area contributed by atoms with Crippen LogP contribution in [0.3, 0.4) is 0 Å². The summed E-state index contributed by atoms with van der Waals surface area (Å²) in [7, 11) is 0. The first kappa shape index (κ1) is 11.6. The molecule has 0 saturated heterocycles. The fourth-order valence-corrected chi connectivity index (χ4v) is 2.20. The van der Waals surface area contributed by atoms with Gasteiger partial charge in [-0.3, -0.25) is 14.5 Å². The lowest BCUT2D eigenvalue weighted by Gasteiger charge is -2.06. The van der Waals surface area contributed by atoms with E-state index in [1.165, 1.54) is 0 Å². The minimum absolute atomic E-state index is 0.0383. The Kier molecular flexibility index (Phi) is 2.83. The van der Waals surface area contributed by atoms with E-state index < -0.39 is 0 Å². The van der Waals surface area contributed by atoms with Crippen LogP contribution >= 0.6 is 0 Å². The van der Waals surface area contributed by atoms with Gasteiger partial charge in [-0.15, -0.1) is 0 Å². The van der Waals surface area contributed by atoms with Crippen molar-refractivity contribution in [3.63, 3.8) is 0 Å². The zero-order valence-electron chi connectivity index (χ0n) is 10.6. The summed E-state index contributed by atoms with van der Waals surface area (Å²) in [5, 5.41) is 5.11. The molecule has 0 radical (unpaired) electrons. The SMILES string of the molecule is CCn1nccc1C(=O)c1cccc2cccnc12. The topological polar surface area (TPSA) is 47.8 Å². The zero-order valence-corrected chi connectivity index (χ0v) is 10.6. The highest BCUT2D eigenvalue weighted by Crippen LogP contribution is 2.19. The van der Waals surface area contributed by atoms with E-state index in [0.717, 1.165) is 10.9 Å². The lowest BCUT2D eigenvalue weighted by molar-refractivity contribution is 0.103. The highest BCUT2D eigenvalue weighted by Gasteiger charge is 2.16. The highest BCUT2D eigenvalue weighted by molar-refractivity contribution is 6.14. The van der Waals surface area contributed by atoms with Gasteiger partial charge >= 0.3 is 0 Å². The van der Waals surface area contributed by atoms with Crippen LogP contribution in [0.25, 0.3) is 10.9 Å². The summed E-state index contributed by atoms with van der Waals surface area (Å²) in [5.74, 6) is -0.0383. The smallest absolute Gasteiger partial charge is 0.213 e. The molecule has 0 unspecified atom stereocenters. The quantitative estimate of drug-likeness (QED) is 0.672. The molecule has 0 aliphatic heterocycles. The number of carbonyl (C=O) groups is 1. The number of fused-ring (bicyclic) bond motifs is 1. The van der Waals surface area contributed by atoms with E-state index in [1.54, 1.807) is 23.1 Å². The third kappa shape index (κ3) is 1.91. The normalized spacial score (nSPS) is 10.8. The maximum absolute atomic E-state index is 12.6. The molecule has 0 aliphatic rings. The van der Waals surface area contributed by atoms with Crippen molar-refractivity contribution in [1.82, 2.24) is 14.8 Å². The molecule has 3 aromatic rings. The van der Waals surface area contributed by atoms with E-state index in [0.29, 0.717) is 17.8 Å². The molecule has 0 bridgehead atoms. The number of carbonyl (C=O) groups excluding carboxylic acids is 1. The van der Waals surface area contributed by atoms with Crippen molar-refractivity contribution >= 4 is 16.7 Å². The summed E-state index contributed by atoms with van der Waals surface area (Å²) in [6.07, 6.45) is 3.35. The molecule has 0 aliphatic carbocycles. The van der Waals surface area contributed by atoms with Crippen molar-refractivity contribution in [2.75, 3.05) is 0 Å². The number of pyridine rings is 1. The van der Waals surface area contributed by atoms with Crippen LogP contribution in [-0.4, -0.2) is 20.5 Å². The molecule has 2 heterocycles. The Hall–Kier alpha value is -2.49. The van der Waals surface area contributed by atoms with E-state index in [4.69, 9.17) is 0 Å². The van der Waals surface area contributed by atoms with Crippen LogP contribution in [-0.2, 0) is 6.54 Å². The van der Waals surface area contributed by atoms with Gasteiger partial charge in [0.15, 0.2) is 0 Å². The Morgan fingerprint density at radius 1 is 1.16 bits per heavy atom. The fraction of sp³-hybridized carbons (Fsp3) is 0.133. The Labute approximate surface area is 110 Å². The summed E-state index contributed by atoms with van der Waals surface area (Å²) in [4.78, 5) is 16.9. The van der Waals surface area contributed by atoms with Crippen molar-refractivity contribution in [2.24, 2.45) is 0 Å². The second kappa shape index (κ2) is 4.65. The molecular formula is C15H13N3O. The standard InChI is InChI=1S/C15H13N3O/c1-2-18-13(8-10-17-18)15(19)12-7-3-5-11-6-4-9-16-14(11)12/h3-10H,2H2,1H3. The summed E-state index contributed by atoms with van der Waals surface area (Å²) < 4.78 is 1.70. The van der Waals surface area contributed by atoms with Gasteiger partial charge in [-0.25, -0.2) is 0 Å². The number of rotatable bonds is 3. The molecule has 0 fully saturated rings. The zero-order chi connectivity index (χ0) is 13.2. The molecular weight excluding hydrogens is 238 g/mol. The van der Waals surface area contributed by atoms with E-state index in [9.17, 15) is 4.79 Å². The number of benzene rings is 1. The molecule has 0 spiro atoms. The molecule has 2 aromatic heterocycles. The predicted octanol–water partition coefficient (Wildman–Crippen LogP) is 2.68. The molecule has 0 amide bonds. The van der Waals surface area contributed by atoms with Crippen molar-refractivity contribution < 1.29 is 4.79 Å². The van der Waals surface area contributed by atoms with Crippen molar-refractivity contribution in [3.8, 4) is 0 Å². The van der Waals surface area contributed by atoms with E-state index in [-0.39, 0.29) is 5.78 Å². The molecule has 94 valence electrons. The van der Waals surface area contributed by atoms with E-state index >= 15 is 0 Å². The molecule has 0 atom stereocenters. The average molecular weight is 251 g/mol. The first-order valence-corrected chi connectivity index (χ1v) is 6.21. The summed E-state index contributed by atoms with van der Waals surface area (Å²) in [6.45, 7) is 2.64. The van der Waals surface area contributed by atoms with Gasteiger partial charge in [-0.2, -0.15) is 5.10 Å². The Morgan fingerprint density at radius 3 is 2.84 bits per heavy atom. The van der Waals surface area contributed by atoms with Gasteiger partial charge in [0.05, 0.1) is 11.1 Å². The number of hydrogen-bond donors (Lipinski definition) is 0. The lowest BCUT2D eigenvalue weighted by atomic mass is 10.0. The molecule has 4 nitrogen and oxygen atoms in total. The average Bonchev–Trinajstić information content (AvgIpc) is 2.94. The number of hydrogen-bond acceptors (Lipinski definition) is 3. The fourth-order valence-electron chi connectivity index (χ4n) is 2.20. The summed E-state index contributed by atoms with van der Waals surface area (Å²) in [5.41, 5.74) is 1.95. The van der Waals surface area contributed by atoms with Gasteiger partial charge in [0.25, 0.3) is 0 Å². The van der Waals surface area contributed by atoms with Crippen molar-refractivity contribution in [1.29, 1.82) is 0 Å². The van der Waals surface area contributed by atoms with Gasteiger partial charge in [-0.05, 0) is 25.1 Å². The van der Waals surface area contributed by atoms with Crippen LogP contribution in [0.5, 0.6) is 0 Å². The second-order valence-corrected chi connectivity index (χ2v) is 4.24. The molecule has 0 N–H and O–H groups in total. The number of para-hydroxylation sites is 1. The minimum atomic E-state index is -0.0383. The van der Waals surface area contributed by atoms with Crippen LogP contribution in [0.1, 0.15) is 23.0 Å². The molecule has 1 aromatic carbocycles. The maximum Gasteiger partial charge on any atom is 0.213 e. The van der Waals surface area contributed by atoms with E-state index in [1.807, 2.05) is 37.3 Å². The van der Waals surface area contributed by atoms with Crippen LogP contribution in [0.15, 0.2) is 48.8 Å². The Balaban J connectivity index is 2.17. The second-order valence-electron chi connectivity index (χ2n) is 4.24. The Bertz CT molecular complexity index is 740. The number of aromatic nitrogens is 3. The number of ketones is 1. The Morgan fingerprint density at radius 2 is 2.00 bits per heavy atom. The van der Waals surface area contributed by atoms with Gasteiger partial charge in [0.2, 0.25) is 5.78 Å². The van der Waals surface area contributed by atoms with Crippen LogP contribution in [0, 0.1) is 0 Å². The van der Waals surface area contributed by atoms with Crippen LogP contribution in [0.2, 0.25) is 0 Å². The third-order valence-electron chi connectivity index (χ3n) is 3.13. The molecule has 0 saturated carbocycles. The number of aryl methyl sites for hydroxylation is 1. The molecule has 4 heteroatoms. The van der Waals surface area contributed by atoms with Gasteiger partial charge in [0.1, 0.15) is 5.69 Å². The highest BCUT2D eigenvalue weighted by atomic mass is 16.1. The minimum Gasteiger partial charge on any atom is -0.287 e. The van der Waals surface area contributed by atoms with Crippen molar-refractivity contribution in [3.05, 3.63) is 60.0 Å². The van der Waals surface area contributed by atoms with Gasteiger partial charge < -0.3 is 0 Å². The van der Waals surface area contributed by atoms with Crippen LogP contribution < -0.4 is 0 Å². The summed E-state index contributed by atoms with van der Waals surface area (Å²) in [6, 6.07) is 11.2. The van der Waals surface area contributed by atoms with Gasteiger partial charge in [0, 0.05) is 24.3 Å². The summed E-state index contributed by atoms with van der Waals surface area (Å²) >= 11 is 0.